The lowest BCUT2D eigenvalue weighted by atomic mass is 9.97. The third-order valence-corrected chi connectivity index (χ3v) is 4.53. The molecule has 0 saturated heterocycles. The van der Waals surface area contributed by atoms with Gasteiger partial charge in [0.2, 0.25) is 0 Å². The van der Waals surface area contributed by atoms with Crippen LogP contribution < -0.4 is 5.43 Å². The van der Waals surface area contributed by atoms with Crippen LogP contribution in [-0.2, 0) is 0 Å². The van der Waals surface area contributed by atoms with Crippen LogP contribution in [0.2, 0.25) is 0 Å². The number of β-amino-alcohol motifs (C(OH)–C–C–N with tert-alkyl or cyclic N) is 1. The maximum absolute atomic E-state index is 10.4. The van der Waals surface area contributed by atoms with E-state index in [4.69, 9.17) is 5.26 Å². The Balaban J connectivity index is 1.56. The molecule has 24 heavy (non-hydrogen) atoms. The Morgan fingerprint density at radius 3 is 2.67 bits per heavy atom. The van der Waals surface area contributed by atoms with Crippen LogP contribution in [0, 0.1) is 11.3 Å². The zero-order chi connectivity index (χ0) is 16.9. The summed E-state index contributed by atoms with van der Waals surface area (Å²) in [6.07, 6.45) is 4.52. The summed E-state index contributed by atoms with van der Waals surface area (Å²) >= 11 is 0. The Morgan fingerprint density at radius 2 is 2.08 bits per heavy atom. The predicted molar refractivity (Wildman–Crippen MR) is 94.2 cm³/mol. The number of hydrogen-bond donors (Lipinski definition) is 2. The molecule has 2 heterocycles. The standard InChI is InChI=1S/C19H22N4O/c1-14-2-7-18(22-21-14)16-8-10-23(11-9-16)13-19(24)17-5-3-15(12-20)4-6-17/h3-6,8,19,21,24H,1-2,7,9-11,13H2. The van der Waals surface area contributed by atoms with Crippen LogP contribution in [0.3, 0.4) is 0 Å². The van der Waals surface area contributed by atoms with Gasteiger partial charge in [-0.2, -0.15) is 10.4 Å². The Bertz CT molecular complexity index is 712. The minimum absolute atomic E-state index is 0.537. The van der Waals surface area contributed by atoms with Gasteiger partial charge >= 0.3 is 0 Å². The molecule has 1 aromatic rings. The highest BCUT2D eigenvalue weighted by molar-refractivity contribution is 6.00. The van der Waals surface area contributed by atoms with Crippen molar-refractivity contribution in [1.29, 1.82) is 5.26 Å². The van der Waals surface area contributed by atoms with Gasteiger partial charge in [-0.25, -0.2) is 0 Å². The Labute approximate surface area is 142 Å². The molecule has 1 unspecified atom stereocenters. The van der Waals surface area contributed by atoms with Gasteiger partial charge in [-0.3, -0.25) is 10.3 Å². The lowest BCUT2D eigenvalue weighted by Gasteiger charge is -2.29. The Kier molecular flexibility index (Phi) is 5.09. The van der Waals surface area contributed by atoms with Crippen molar-refractivity contribution in [2.45, 2.75) is 25.4 Å². The van der Waals surface area contributed by atoms with E-state index in [1.807, 2.05) is 12.1 Å². The second kappa shape index (κ2) is 7.43. The van der Waals surface area contributed by atoms with Gasteiger partial charge in [0.1, 0.15) is 0 Å². The van der Waals surface area contributed by atoms with Crippen molar-refractivity contribution in [3.05, 3.63) is 59.3 Å². The molecule has 2 N–H and O–H groups in total. The van der Waals surface area contributed by atoms with E-state index in [-0.39, 0.29) is 0 Å². The second-order valence-corrected chi connectivity index (χ2v) is 6.26. The van der Waals surface area contributed by atoms with Gasteiger partial charge in [0.15, 0.2) is 0 Å². The van der Waals surface area contributed by atoms with Crippen molar-refractivity contribution in [1.82, 2.24) is 10.3 Å². The summed E-state index contributed by atoms with van der Waals surface area (Å²) in [5.41, 5.74) is 7.86. The molecule has 0 amide bonds. The fourth-order valence-electron chi connectivity index (χ4n) is 3.03. The van der Waals surface area contributed by atoms with Crippen LogP contribution >= 0.6 is 0 Å². The number of allylic oxidation sites excluding steroid dienone is 1. The van der Waals surface area contributed by atoms with Crippen LogP contribution in [0.25, 0.3) is 0 Å². The number of nitriles is 1. The lowest BCUT2D eigenvalue weighted by Crippen LogP contribution is -2.34. The van der Waals surface area contributed by atoms with Crippen molar-refractivity contribution in [2.75, 3.05) is 19.6 Å². The third-order valence-electron chi connectivity index (χ3n) is 4.53. The normalized spacial score (nSPS) is 19.8. The van der Waals surface area contributed by atoms with E-state index in [0.29, 0.717) is 12.1 Å². The molecular weight excluding hydrogens is 300 g/mol. The molecule has 0 bridgehead atoms. The number of hydrazone groups is 1. The first-order valence-corrected chi connectivity index (χ1v) is 8.26. The number of benzene rings is 1. The molecule has 2 aliphatic rings. The first-order chi connectivity index (χ1) is 11.7. The van der Waals surface area contributed by atoms with E-state index in [1.54, 1.807) is 12.1 Å². The number of nitrogens with one attached hydrogen (secondary N) is 1. The molecule has 3 rings (SSSR count). The summed E-state index contributed by atoms with van der Waals surface area (Å²) in [7, 11) is 0. The number of aliphatic hydroxyl groups is 1. The SMILES string of the molecule is C=C1CCC(C2=CCN(CC(O)c3ccc(C#N)cc3)CC2)=NN1. The number of rotatable bonds is 4. The Hall–Kier alpha value is -2.42. The van der Waals surface area contributed by atoms with Crippen LogP contribution in [0.1, 0.15) is 36.5 Å². The molecule has 0 fully saturated rings. The van der Waals surface area contributed by atoms with Crippen molar-refractivity contribution in [3.63, 3.8) is 0 Å². The fourth-order valence-corrected chi connectivity index (χ4v) is 3.03. The molecule has 2 aliphatic heterocycles. The quantitative estimate of drug-likeness (QED) is 0.893. The summed E-state index contributed by atoms with van der Waals surface area (Å²) in [5.74, 6) is 0. The second-order valence-electron chi connectivity index (χ2n) is 6.26. The molecule has 0 saturated carbocycles. The molecule has 0 radical (unpaired) electrons. The smallest absolute Gasteiger partial charge is 0.0991 e. The molecule has 1 aromatic carbocycles. The minimum atomic E-state index is -0.537. The monoisotopic (exact) mass is 322 g/mol. The highest BCUT2D eigenvalue weighted by Crippen LogP contribution is 2.21. The number of nitrogens with zero attached hydrogens (tertiary/aromatic N) is 3. The zero-order valence-electron chi connectivity index (χ0n) is 13.7. The van der Waals surface area contributed by atoms with E-state index in [1.165, 1.54) is 5.57 Å². The fraction of sp³-hybridized carbons (Fsp3) is 0.368. The molecular formula is C19H22N4O. The summed E-state index contributed by atoms with van der Waals surface area (Å²) in [6.45, 7) is 6.22. The summed E-state index contributed by atoms with van der Waals surface area (Å²) in [4.78, 5) is 2.24. The number of hydrogen-bond acceptors (Lipinski definition) is 5. The third kappa shape index (κ3) is 3.91. The molecule has 124 valence electrons. The van der Waals surface area contributed by atoms with Gasteiger partial charge in [0.25, 0.3) is 0 Å². The van der Waals surface area contributed by atoms with Crippen molar-refractivity contribution < 1.29 is 5.11 Å². The van der Waals surface area contributed by atoms with Crippen LogP contribution in [-0.4, -0.2) is 35.4 Å². The highest BCUT2D eigenvalue weighted by atomic mass is 16.3. The maximum Gasteiger partial charge on any atom is 0.0991 e. The van der Waals surface area contributed by atoms with Crippen LogP contribution in [0.5, 0.6) is 0 Å². The van der Waals surface area contributed by atoms with Gasteiger partial charge in [-0.1, -0.05) is 24.8 Å². The van der Waals surface area contributed by atoms with Crippen molar-refractivity contribution in [3.8, 4) is 6.07 Å². The largest absolute Gasteiger partial charge is 0.387 e. The zero-order valence-corrected chi connectivity index (χ0v) is 13.7. The molecule has 5 nitrogen and oxygen atoms in total. The molecule has 0 spiro atoms. The molecule has 1 atom stereocenters. The van der Waals surface area contributed by atoms with E-state index >= 15 is 0 Å². The Morgan fingerprint density at radius 1 is 1.29 bits per heavy atom. The van der Waals surface area contributed by atoms with E-state index in [9.17, 15) is 5.11 Å². The van der Waals surface area contributed by atoms with Gasteiger partial charge in [0.05, 0.1) is 23.4 Å². The van der Waals surface area contributed by atoms with Crippen LogP contribution in [0.15, 0.2) is 53.3 Å². The average Bonchev–Trinajstić information content (AvgIpc) is 2.63. The summed E-state index contributed by atoms with van der Waals surface area (Å²) in [5, 5.41) is 23.6. The lowest BCUT2D eigenvalue weighted by molar-refractivity contribution is 0.118. The number of aliphatic hydroxyl groups excluding tert-OH is 1. The van der Waals surface area contributed by atoms with Crippen LogP contribution in [0.4, 0.5) is 0 Å². The minimum Gasteiger partial charge on any atom is -0.387 e. The van der Waals surface area contributed by atoms with Gasteiger partial charge < -0.3 is 5.11 Å². The summed E-state index contributed by atoms with van der Waals surface area (Å²) in [6, 6.07) is 9.23. The van der Waals surface area contributed by atoms with Gasteiger partial charge in [-0.05, 0) is 42.5 Å². The van der Waals surface area contributed by atoms with Crippen molar-refractivity contribution in [2.24, 2.45) is 5.10 Å². The topological polar surface area (TPSA) is 71.6 Å². The molecule has 0 aromatic heterocycles. The van der Waals surface area contributed by atoms with E-state index in [2.05, 4.69) is 34.2 Å². The predicted octanol–water partition coefficient (Wildman–Crippen LogP) is 2.48. The first-order valence-electron chi connectivity index (χ1n) is 8.26. The van der Waals surface area contributed by atoms with E-state index < -0.39 is 6.10 Å². The first kappa shape index (κ1) is 16.4. The maximum atomic E-state index is 10.4. The van der Waals surface area contributed by atoms with E-state index in [0.717, 1.165) is 49.3 Å². The van der Waals surface area contributed by atoms with Gasteiger partial charge in [-0.15, -0.1) is 0 Å². The highest BCUT2D eigenvalue weighted by Gasteiger charge is 2.20. The average molecular weight is 322 g/mol. The van der Waals surface area contributed by atoms with Crippen molar-refractivity contribution >= 4 is 5.71 Å². The molecule has 5 heteroatoms. The summed E-state index contributed by atoms with van der Waals surface area (Å²) < 4.78 is 0. The van der Waals surface area contributed by atoms with Gasteiger partial charge in [0, 0.05) is 25.3 Å². The molecule has 0 aliphatic carbocycles.